The Morgan fingerprint density at radius 3 is 3.00 bits per heavy atom. The van der Waals surface area contributed by atoms with Crippen molar-refractivity contribution in [1.29, 1.82) is 0 Å². The monoisotopic (exact) mass is 272 g/mol. The van der Waals surface area contributed by atoms with E-state index in [9.17, 15) is 4.79 Å². The van der Waals surface area contributed by atoms with Crippen LogP contribution < -0.4 is 15.4 Å². The first-order valence-corrected chi connectivity index (χ1v) is 6.24. The normalized spacial score (nSPS) is 9.85. The fourth-order valence-electron chi connectivity index (χ4n) is 1.61. The number of hydrogen-bond donors (Lipinski definition) is 2. The zero-order chi connectivity index (χ0) is 14.2. The highest BCUT2D eigenvalue weighted by atomic mass is 16.5. The molecule has 2 rings (SSSR count). The second-order valence-electron chi connectivity index (χ2n) is 4.07. The number of aromatic nitrogens is 2. The Labute approximate surface area is 117 Å². The number of hydrogen-bond acceptors (Lipinski definition) is 5. The number of nitrogens with one attached hydrogen (secondary N) is 2. The first-order chi connectivity index (χ1) is 9.74. The predicted octanol–water partition coefficient (Wildman–Crippen LogP) is 1.93. The van der Waals surface area contributed by atoms with Crippen molar-refractivity contribution in [2.45, 2.75) is 6.92 Å². The van der Waals surface area contributed by atoms with Gasteiger partial charge in [0.1, 0.15) is 18.2 Å². The first kappa shape index (κ1) is 13.8. The Hall–Kier alpha value is -2.63. The predicted molar refractivity (Wildman–Crippen MR) is 76.8 cm³/mol. The van der Waals surface area contributed by atoms with E-state index in [4.69, 9.17) is 4.74 Å². The number of anilines is 2. The molecule has 0 unspecified atom stereocenters. The molecule has 1 aromatic carbocycles. The lowest BCUT2D eigenvalue weighted by molar-refractivity contribution is -0.114. The highest BCUT2D eigenvalue weighted by Crippen LogP contribution is 2.17. The van der Waals surface area contributed by atoms with Gasteiger partial charge in [0.15, 0.2) is 0 Å². The molecule has 0 aliphatic heterocycles. The third-order valence-electron chi connectivity index (χ3n) is 2.39. The molecule has 0 atom stereocenters. The number of carbonyl (C=O) groups is 1. The van der Waals surface area contributed by atoms with Crippen LogP contribution in [-0.2, 0) is 4.79 Å². The fourth-order valence-corrected chi connectivity index (χ4v) is 1.61. The van der Waals surface area contributed by atoms with Gasteiger partial charge in [-0.2, -0.15) is 0 Å². The SMILES string of the molecule is CC(=O)Nc1cccc(OCCNc2cnccn2)c1. The molecule has 0 bridgehead atoms. The number of nitrogens with zero attached hydrogens (tertiary/aromatic N) is 2. The van der Waals surface area contributed by atoms with Gasteiger partial charge in [-0.15, -0.1) is 0 Å². The summed E-state index contributed by atoms with van der Waals surface area (Å²) in [7, 11) is 0. The van der Waals surface area contributed by atoms with Crippen molar-refractivity contribution in [2.75, 3.05) is 23.8 Å². The lowest BCUT2D eigenvalue weighted by Gasteiger charge is -2.09. The summed E-state index contributed by atoms with van der Waals surface area (Å²) in [6, 6.07) is 7.26. The van der Waals surface area contributed by atoms with E-state index in [-0.39, 0.29) is 5.91 Å². The highest BCUT2D eigenvalue weighted by Gasteiger charge is 1.99. The van der Waals surface area contributed by atoms with Crippen LogP contribution in [0.15, 0.2) is 42.9 Å². The quantitative estimate of drug-likeness (QED) is 0.786. The van der Waals surface area contributed by atoms with Crippen molar-refractivity contribution in [3.63, 3.8) is 0 Å². The molecule has 6 nitrogen and oxygen atoms in total. The van der Waals surface area contributed by atoms with E-state index in [1.54, 1.807) is 24.7 Å². The van der Waals surface area contributed by atoms with Crippen LogP contribution in [0, 0.1) is 0 Å². The molecule has 1 aromatic heterocycles. The van der Waals surface area contributed by atoms with Crippen LogP contribution in [0.25, 0.3) is 0 Å². The molecule has 0 aliphatic carbocycles. The van der Waals surface area contributed by atoms with E-state index in [0.29, 0.717) is 24.7 Å². The van der Waals surface area contributed by atoms with Crippen molar-refractivity contribution >= 4 is 17.4 Å². The molecule has 1 amide bonds. The second-order valence-corrected chi connectivity index (χ2v) is 4.07. The Morgan fingerprint density at radius 2 is 2.25 bits per heavy atom. The summed E-state index contributed by atoms with van der Waals surface area (Å²) < 4.78 is 5.59. The third-order valence-corrected chi connectivity index (χ3v) is 2.39. The van der Waals surface area contributed by atoms with Crippen LogP contribution in [-0.4, -0.2) is 29.0 Å². The number of ether oxygens (including phenoxy) is 1. The minimum atomic E-state index is -0.105. The number of amides is 1. The van der Waals surface area contributed by atoms with Gasteiger partial charge in [-0.3, -0.25) is 9.78 Å². The lowest BCUT2D eigenvalue weighted by Crippen LogP contribution is -2.12. The van der Waals surface area contributed by atoms with Gasteiger partial charge in [0.05, 0.1) is 12.7 Å². The van der Waals surface area contributed by atoms with Crippen LogP contribution in [0.4, 0.5) is 11.5 Å². The van der Waals surface area contributed by atoms with E-state index in [1.807, 2.05) is 18.2 Å². The summed E-state index contributed by atoms with van der Waals surface area (Å²) >= 11 is 0. The van der Waals surface area contributed by atoms with Crippen molar-refractivity contribution in [1.82, 2.24) is 9.97 Å². The Morgan fingerprint density at radius 1 is 1.35 bits per heavy atom. The van der Waals surface area contributed by atoms with Crippen LogP contribution in [0.2, 0.25) is 0 Å². The Bertz CT molecular complexity index is 560. The van der Waals surface area contributed by atoms with E-state index in [2.05, 4.69) is 20.6 Å². The van der Waals surface area contributed by atoms with Crippen molar-refractivity contribution in [3.8, 4) is 5.75 Å². The van der Waals surface area contributed by atoms with Gasteiger partial charge in [0, 0.05) is 31.1 Å². The summed E-state index contributed by atoms with van der Waals surface area (Å²) in [5, 5.41) is 5.80. The van der Waals surface area contributed by atoms with Crippen molar-refractivity contribution in [3.05, 3.63) is 42.9 Å². The molecular weight excluding hydrogens is 256 g/mol. The minimum Gasteiger partial charge on any atom is -0.492 e. The number of benzene rings is 1. The molecule has 0 saturated heterocycles. The maximum Gasteiger partial charge on any atom is 0.221 e. The van der Waals surface area contributed by atoms with E-state index in [0.717, 1.165) is 5.69 Å². The van der Waals surface area contributed by atoms with Gasteiger partial charge in [-0.1, -0.05) is 6.07 Å². The number of carbonyl (C=O) groups excluding carboxylic acids is 1. The molecule has 0 spiro atoms. The molecule has 0 fully saturated rings. The third kappa shape index (κ3) is 4.56. The van der Waals surface area contributed by atoms with Crippen LogP contribution >= 0.6 is 0 Å². The molecule has 104 valence electrons. The standard InChI is InChI=1S/C14H16N4O2/c1-11(19)18-12-3-2-4-13(9-12)20-8-7-17-14-10-15-5-6-16-14/h2-6,9-10H,7-8H2,1H3,(H,16,17)(H,18,19). The minimum absolute atomic E-state index is 0.105. The molecule has 0 radical (unpaired) electrons. The van der Waals surface area contributed by atoms with Gasteiger partial charge < -0.3 is 15.4 Å². The van der Waals surface area contributed by atoms with Crippen molar-refractivity contribution in [2.24, 2.45) is 0 Å². The summed E-state index contributed by atoms with van der Waals surface area (Å²) in [5.74, 6) is 1.31. The maximum absolute atomic E-state index is 11.0. The molecule has 6 heteroatoms. The molecule has 0 aliphatic rings. The lowest BCUT2D eigenvalue weighted by atomic mass is 10.3. The topological polar surface area (TPSA) is 76.1 Å². The highest BCUT2D eigenvalue weighted by molar-refractivity contribution is 5.88. The van der Waals surface area contributed by atoms with Crippen molar-refractivity contribution < 1.29 is 9.53 Å². The van der Waals surface area contributed by atoms with Gasteiger partial charge in [-0.05, 0) is 12.1 Å². The molecule has 2 aromatic rings. The van der Waals surface area contributed by atoms with Gasteiger partial charge >= 0.3 is 0 Å². The smallest absolute Gasteiger partial charge is 0.221 e. The van der Waals surface area contributed by atoms with Crippen LogP contribution in [0.1, 0.15) is 6.92 Å². The van der Waals surface area contributed by atoms with E-state index in [1.165, 1.54) is 6.92 Å². The zero-order valence-electron chi connectivity index (χ0n) is 11.2. The molecular formula is C14H16N4O2. The summed E-state index contributed by atoms with van der Waals surface area (Å²) in [4.78, 5) is 19.0. The van der Waals surface area contributed by atoms with E-state index >= 15 is 0 Å². The Kier molecular flexibility index (Phi) is 4.88. The average Bonchev–Trinajstić information content (AvgIpc) is 2.44. The second kappa shape index (κ2) is 7.08. The maximum atomic E-state index is 11.0. The van der Waals surface area contributed by atoms with Gasteiger partial charge in [-0.25, -0.2) is 4.98 Å². The average molecular weight is 272 g/mol. The van der Waals surface area contributed by atoms with Crippen LogP contribution in [0.3, 0.4) is 0 Å². The fraction of sp³-hybridized carbons (Fsp3) is 0.214. The van der Waals surface area contributed by atoms with Crippen LogP contribution in [0.5, 0.6) is 5.75 Å². The Balaban J connectivity index is 1.78. The summed E-state index contributed by atoms with van der Waals surface area (Å²) in [6.07, 6.45) is 4.90. The molecule has 2 N–H and O–H groups in total. The van der Waals surface area contributed by atoms with Gasteiger partial charge in [0.25, 0.3) is 0 Å². The molecule has 1 heterocycles. The zero-order valence-corrected chi connectivity index (χ0v) is 11.2. The largest absolute Gasteiger partial charge is 0.492 e. The van der Waals surface area contributed by atoms with Gasteiger partial charge in [0.2, 0.25) is 5.91 Å². The summed E-state index contributed by atoms with van der Waals surface area (Å²) in [5.41, 5.74) is 0.719. The molecule has 20 heavy (non-hydrogen) atoms. The molecule has 0 saturated carbocycles. The first-order valence-electron chi connectivity index (χ1n) is 6.24. The van der Waals surface area contributed by atoms with E-state index < -0.39 is 0 Å². The number of rotatable bonds is 6. The summed E-state index contributed by atoms with van der Waals surface area (Å²) in [6.45, 7) is 2.57.